The van der Waals surface area contributed by atoms with Gasteiger partial charge in [0.15, 0.2) is 0 Å². The number of carboxylic acid groups (broad SMARTS) is 1. The van der Waals surface area contributed by atoms with Gasteiger partial charge in [-0.2, -0.15) is 0 Å². The number of carbonyl (C=O) groups is 1. The quantitative estimate of drug-likeness (QED) is 0.809. The van der Waals surface area contributed by atoms with E-state index in [1.165, 1.54) is 0 Å². The van der Waals surface area contributed by atoms with Crippen molar-refractivity contribution in [2.45, 2.75) is 12.3 Å². The molecule has 1 atom stereocenters. The Morgan fingerprint density at radius 2 is 1.67 bits per heavy atom. The van der Waals surface area contributed by atoms with Gasteiger partial charge in [-0.15, -0.1) is 0 Å². The third kappa shape index (κ3) is 2.69. The Labute approximate surface area is 106 Å². The van der Waals surface area contributed by atoms with E-state index in [1.54, 1.807) is 6.07 Å². The molecule has 0 aliphatic rings. The van der Waals surface area contributed by atoms with Crippen molar-refractivity contribution in [1.29, 1.82) is 0 Å². The lowest BCUT2D eigenvalue weighted by molar-refractivity contribution is -0.138. The number of nitrogens with two attached hydrogens (primary N) is 1. The maximum atomic E-state index is 11.4. The molecular weight excluding hydrogens is 226 g/mol. The first-order valence-corrected chi connectivity index (χ1v) is 5.79. The minimum Gasteiger partial charge on any atom is -0.481 e. The predicted molar refractivity (Wildman–Crippen MR) is 71.4 cm³/mol. The van der Waals surface area contributed by atoms with Gasteiger partial charge in [-0.3, -0.25) is 4.79 Å². The molecule has 0 fully saturated rings. The number of benzene rings is 2. The maximum absolute atomic E-state index is 11.4. The maximum Gasteiger partial charge on any atom is 0.311 e. The van der Waals surface area contributed by atoms with Crippen LogP contribution in [0.4, 0.5) is 5.69 Å². The van der Waals surface area contributed by atoms with Crippen LogP contribution in [0.2, 0.25) is 0 Å². The van der Waals surface area contributed by atoms with E-state index in [9.17, 15) is 9.90 Å². The lowest BCUT2D eigenvalue weighted by Crippen LogP contribution is -2.15. The topological polar surface area (TPSA) is 63.3 Å². The van der Waals surface area contributed by atoms with Gasteiger partial charge >= 0.3 is 5.97 Å². The Hall–Kier alpha value is -2.29. The highest BCUT2D eigenvalue weighted by Gasteiger charge is 2.20. The summed E-state index contributed by atoms with van der Waals surface area (Å²) in [7, 11) is 0. The van der Waals surface area contributed by atoms with Crippen LogP contribution in [0.5, 0.6) is 0 Å². The molecule has 92 valence electrons. The molecule has 0 radical (unpaired) electrons. The van der Waals surface area contributed by atoms with Crippen LogP contribution in [0.3, 0.4) is 0 Å². The van der Waals surface area contributed by atoms with Crippen LogP contribution in [0, 0.1) is 0 Å². The van der Waals surface area contributed by atoms with Crippen LogP contribution in [-0.2, 0) is 11.2 Å². The monoisotopic (exact) mass is 241 g/mol. The van der Waals surface area contributed by atoms with Gasteiger partial charge in [0.1, 0.15) is 0 Å². The molecule has 3 heteroatoms. The fourth-order valence-corrected chi connectivity index (χ4v) is 1.97. The van der Waals surface area contributed by atoms with Gasteiger partial charge in [0.25, 0.3) is 0 Å². The second-order valence-corrected chi connectivity index (χ2v) is 4.20. The fourth-order valence-electron chi connectivity index (χ4n) is 1.97. The summed E-state index contributed by atoms with van der Waals surface area (Å²) in [5, 5.41) is 9.34. The number of carboxylic acids is 1. The van der Waals surface area contributed by atoms with Crippen molar-refractivity contribution in [3.63, 3.8) is 0 Å². The summed E-state index contributed by atoms with van der Waals surface area (Å²) in [6.07, 6.45) is 0.409. The molecule has 18 heavy (non-hydrogen) atoms. The summed E-state index contributed by atoms with van der Waals surface area (Å²) < 4.78 is 0. The van der Waals surface area contributed by atoms with Crippen molar-refractivity contribution in [3.8, 4) is 0 Å². The fraction of sp³-hybridized carbons (Fsp3) is 0.133. The molecular formula is C15H15NO2. The Balaban J connectivity index is 2.28. The first kappa shape index (κ1) is 12.2. The summed E-state index contributed by atoms with van der Waals surface area (Å²) in [6, 6.07) is 16.6. The number of aliphatic carboxylic acids is 1. The predicted octanol–water partition coefficient (Wildman–Crippen LogP) is 2.68. The Kier molecular flexibility index (Phi) is 3.63. The number of para-hydroxylation sites is 1. The number of hydrogen-bond acceptors (Lipinski definition) is 2. The molecule has 0 amide bonds. The van der Waals surface area contributed by atoms with Crippen LogP contribution < -0.4 is 5.73 Å². The van der Waals surface area contributed by atoms with Gasteiger partial charge in [0.05, 0.1) is 5.92 Å². The molecule has 2 aromatic rings. The molecule has 0 aliphatic carbocycles. The number of rotatable bonds is 4. The highest BCUT2D eigenvalue weighted by atomic mass is 16.4. The van der Waals surface area contributed by atoms with E-state index in [-0.39, 0.29) is 0 Å². The minimum absolute atomic E-state index is 0.409. The van der Waals surface area contributed by atoms with Gasteiger partial charge in [0, 0.05) is 5.69 Å². The third-order valence-corrected chi connectivity index (χ3v) is 2.98. The van der Waals surface area contributed by atoms with E-state index in [2.05, 4.69) is 0 Å². The molecule has 3 nitrogen and oxygen atoms in total. The zero-order valence-corrected chi connectivity index (χ0v) is 9.91. The largest absolute Gasteiger partial charge is 0.481 e. The average molecular weight is 241 g/mol. The van der Waals surface area contributed by atoms with E-state index in [1.807, 2.05) is 48.5 Å². The summed E-state index contributed by atoms with van der Waals surface area (Å²) in [5.74, 6) is -1.39. The average Bonchev–Trinajstić information content (AvgIpc) is 2.38. The Morgan fingerprint density at radius 3 is 2.28 bits per heavy atom. The molecule has 0 saturated carbocycles. The summed E-state index contributed by atoms with van der Waals surface area (Å²) >= 11 is 0. The van der Waals surface area contributed by atoms with Crippen molar-refractivity contribution in [2.75, 3.05) is 5.73 Å². The number of anilines is 1. The molecule has 3 N–H and O–H groups in total. The summed E-state index contributed by atoms with van der Waals surface area (Å²) in [6.45, 7) is 0. The van der Waals surface area contributed by atoms with Crippen molar-refractivity contribution in [1.82, 2.24) is 0 Å². The van der Waals surface area contributed by atoms with E-state index >= 15 is 0 Å². The lowest BCUT2D eigenvalue weighted by atomic mass is 9.91. The molecule has 0 saturated heterocycles. The molecule has 2 aromatic carbocycles. The van der Waals surface area contributed by atoms with Gasteiger partial charge in [-0.05, 0) is 23.6 Å². The van der Waals surface area contributed by atoms with Gasteiger partial charge in [-0.1, -0.05) is 48.5 Å². The molecule has 0 heterocycles. The zero-order chi connectivity index (χ0) is 13.0. The molecule has 0 aliphatic heterocycles. The minimum atomic E-state index is -0.829. The van der Waals surface area contributed by atoms with E-state index in [0.717, 1.165) is 11.1 Å². The molecule has 2 rings (SSSR count). The number of hydrogen-bond donors (Lipinski definition) is 2. The molecule has 0 bridgehead atoms. The molecule has 1 unspecified atom stereocenters. The molecule has 0 aromatic heterocycles. The summed E-state index contributed by atoms with van der Waals surface area (Å²) in [5.41, 5.74) is 8.16. The van der Waals surface area contributed by atoms with Crippen LogP contribution >= 0.6 is 0 Å². The van der Waals surface area contributed by atoms with E-state index < -0.39 is 11.9 Å². The second-order valence-electron chi connectivity index (χ2n) is 4.20. The standard InChI is InChI=1S/C15H15NO2/c16-14-9-5-4-8-12(14)10-13(15(17)18)11-6-2-1-3-7-11/h1-9,13H,10,16H2,(H,17,18). The first-order valence-electron chi connectivity index (χ1n) is 5.79. The van der Waals surface area contributed by atoms with Crippen LogP contribution in [0.15, 0.2) is 54.6 Å². The first-order chi connectivity index (χ1) is 8.68. The van der Waals surface area contributed by atoms with Crippen molar-refractivity contribution >= 4 is 11.7 Å². The van der Waals surface area contributed by atoms with Gasteiger partial charge in [-0.25, -0.2) is 0 Å². The highest BCUT2D eigenvalue weighted by molar-refractivity contribution is 5.77. The lowest BCUT2D eigenvalue weighted by Gasteiger charge is -2.14. The van der Waals surface area contributed by atoms with Gasteiger partial charge in [0.2, 0.25) is 0 Å². The van der Waals surface area contributed by atoms with Crippen LogP contribution in [-0.4, -0.2) is 11.1 Å². The molecule has 0 spiro atoms. The Morgan fingerprint density at radius 1 is 1.06 bits per heavy atom. The normalized spacial score (nSPS) is 12.0. The van der Waals surface area contributed by atoms with Crippen molar-refractivity contribution in [2.24, 2.45) is 0 Å². The summed E-state index contributed by atoms with van der Waals surface area (Å²) in [4.78, 5) is 11.4. The third-order valence-electron chi connectivity index (χ3n) is 2.98. The van der Waals surface area contributed by atoms with Crippen LogP contribution in [0.25, 0.3) is 0 Å². The SMILES string of the molecule is Nc1ccccc1CC(C(=O)O)c1ccccc1. The Bertz CT molecular complexity index is 537. The van der Waals surface area contributed by atoms with Crippen molar-refractivity contribution < 1.29 is 9.90 Å². The number of nitrogen functional groups attached to an aromatic ring is 1. The second kappa shape index (κ2) is 5.36. The highest BCUT2D eigenvalue weighted by Crippen LogP contribution is 2.24. The smallest absolute Gasteiger partial charge is 0.311 e. The zero-order valence-electron chi connectivity index (χ0n) is 9.91. The van der Waals surface area contributed by atoms with E-state index in [4.69, 9.17) is 5.73 Å². The van der Waals surface area contributed by atoms with Crippen molar-refractivity contribution in [3.05, 3.63) is 65.7 Å². The van der Waals surface area contributed by atoms with Gasteiger partial charge < -0.3 is 10.8 Å². The van der Waals surface area contributed by atoms with E-state index in [0.29, 0.717) is 12.1 Å². The van der Waals surface area contributed by atoms with Crippen LogP contribution in [0.1, 0.15) is 17.0 Å².